The van der Waals surface area contributed by atoms with Crippen LogP contribution in [-0.2, 0) is 16.6 Å². The third-order valence-electron chi connectivity index (χ3n) is 11.7. The maximum Gasteiger partial charge on any atom is 0.237 e. The van der Waals surface area contributed by atoms with E-state index in [1.807, 2.05) is 38.1 Å². The second-order valence-electron chi connectivity index (χ2n) is 15.2. The number of hydrogen-bond donors (Lipinski definition) is 2. The van der Waals surface area contributed by atoms with Gasteiger partial charge in [0.25, 0.3) is 0 Å². The molecule has 6 heterocycles. The molecule has 50 heavy (non-hydrogen) atoms. The summed E-state index contributed by atoms with van der Waals surface area (Å²) in [6.45, 7) is 8.01. The van der Waals surface area contributed by atoms with E-state index in [2.05, 4.69) is 72.1 Å². The standard InChI is InChI=1S/C38H49N9O3/c1-25(2)50-33-11-8-29(21-39-33)35-31-20-30(9-10-32(31)41-42-35)47-19-15-38(37(47)49)14-18-45(23-38)22-34(48)46-16-12-27(13-17-46)26-4-6-28(7-5-26)36-40-24-44(3)43-36/h4-8,11-12,21,24-25,30-32,35,41-42H,9-10,13-20,22-23H2,1-3H3/t30?,31?,32?,35?,38-/m0/s1. The van der Waals surface area contributed by atoms with Crippen LogP contribution in [0.15, 0.2) is 55.0 Å². The highest BCUT2D eigenvalue weighted by atomic mass is 16.5. The molecule has 2 amide bonds. The van der Waals surface area contributed by atoms with Gasteiger partial charge in [0.15, 0.2) is 5.82 Å². The van der Waals surface area contributed by atoms with E-state index in [1.54, 1.807) is 11.0 Å². The number of likely N-dealkylation sites (tertiary alicyclic amines) is 2. The number of nitrogens with zero attached hydrogens (tertiary/aromatic N) is 7. The number of ether oxygens (including phenoxy) is 1. The zero-order valence-electron chi connectivity index (χ0n) is 29.4. The topological polar surface area (TPSA) is 121 Å². The van der Waals surface area contributed by atoms with Crippen molar-refractivity contribution in [2.24, 2.45) is 18.4 Å². The number of hydrazine groups is 1. The second-order valence-corrected chi connectivity index (χ2v) is 15.2. The average molecular weight is 680 g/mol. The van der Waals surface area contributed by atoms with E-state index < -0.39 is 0 Å². The summed E-state index contributed by atoms with van der Waals surface area (Å²) in [5, 5.41) is 4.39. The molecule has 4 aliphatic heterocycles. The highest BCUT2D eigenvalue weighted by Gasteiger charge is 2.53. The lowest BCUT2D eigenvalue weighted by molar-refractivity contribution is -0.139. The van der Waals surface area contributed by atoms with Gasteiger partial charge in [-0.05, 0) is 81.5 Å². The van der Waals surface area contributed by atoms with Crippen LogP contribution in [0.2, 0.25) is 0 Å². The highest BCUT2D eigenvalue weighted by Crippen LogP contribution is 2.45. The lowest BCUT2D eigenvalue weighted by atomic mass is 9.77. The zero-order valence-corrected chi connectivity index (χ0v) is 29.4. The Morgan fingerprint density at radius 3 is 2.56 bits per heavy atom. The fraction of sp³-hybridized carbons (Fsp3) is 0.553. The van der Waals surface area contributed by atoms with Gasteiger partial charge in [0, 0.05) is 63.1 Å². The SMILES string of the molecule is CC(C)Oc1ccc(C2NNC3CCC(N4CC[C@]5(CCN(CC(=O)N6CC=C(c7ccc(-c8ncn(C)n8)cc7)CC6)C5)C4=O)CC32)cn1. The van der Waals surface area contributed by atoms with Gasteiger partial charge < -0.3 is 14.5 Å². The van der Waals surface area contributed by atoms with E-state index in [9.17, 15) is 9.59 Å². The number of aromatic nitrogens is 4. The highest BCUT2D eigenvalue weighted by molar-refractivity contribution is 5.86. The van der Waals surface area contributed by atoms with E-state index in [4.69, 9.17) is 4.74 Å². The fourth-order valence-corrected chi connectivity index (χ4v) is 8.96. The summed E-state index contributed by atoms with van der Waals surface area (Å²) in [7, 11) is 1.87. The molecular formula is C38H49N9O3. The lowest BCUT2D eigenvalue weighted by Crippen LogP contribution is -2.47. The Hall–Kier alpha value is -4.13. The smallest absolute Gasteiger partial charge is 0.237 e. The number of fused-ring (bicyclic) bond motifs is 1. The first-order valence-corrected chi connectivity index (χ1v) is 18.3. The Morgan fingerprint density at radius 1 is 1.02 bits per heavy atom. The fourth-order valence-electron chi connectivity index (χ4n) is 8.96. The van der Waals surface area contributed by atoms with Crippen LogP contribution in [0.1, 0.15) is 69.5 Å². The quantitative estimate of drug-likeness (QED) is 0.368. The first-order chi connectivity index (χ1) is 24.2. The minimum absolute atomic E-state index is 0.0880. The van der Waals surface area contributed by atoms with Crippen LogP contribution in [0, 0.1) is 11.3 Å². The van der Waals surface area contributed by atoms with Gasteiger partial charge in [-0.15, -0.1) is 0 Å². The van der Waals surface area contributed by atoms with Crippen molar-refractivity contribution in [3.8, 4) is 17.3 Å². The predicted molar refractivity (Wildman–Crippen MR) is 189 cm³/mol. The monoisotopic (exact) mass is 679 g/mol. The molecule has 4 unspecified atom stereocenters. The number of pyridine rings is 1. The molecule has 12 heteroatoms. The average Bonchev–Trinajstić information content (AvgIpc) is 3.92. The molecule has 3 aromatic rings. The van der Waals surface area contributed by atoms with Crippen molar-refractivity contribution < 1.29 is 14.3 Å². The molecule has 264 valence electrons. The molecule has 0 bridgehead atoms. The van der Waals surface area contributed by atoms with E-state index >= 15 is 0 Å². The Bertz CT molecular complexity index is 1740. The van der Waals surface area contributed by atoms with Crippen molar-refractivity contribution in [1.29, 1.82) is 0 Å². The minimum Gasteiger partial charge on any atom is -0.475 e. The van der Waals surface area contributed by atoms with Gasteiger partial charge in [0.05, 0.1) is 24.1 Å². The third kappa shape index (κ3) is 6.44. The van der Waals surface area contributed by atoms with Crippen LogP contribution in [-0.4, -0.2) is 104 Å². The summed E-state index contributed by atoms with van der Waals surface area (Å²) in [6, 6.07) is 13.2. The Morgan fingerprint density at radius 2 is 1.84 bits per heavy atom. The summed E-state index contributed by atoms with van der Waals surface area (Å²) in [5.74, 6) is 2.21. The molecule has 1 saturated carbocycles. The van der Waals surface area contributed by atoms with Crippen molar-refractivity contribution in [3.05, 3.63) is 66.1 Å². The molecule has 4 fully saturated rings. The van der Waals surface area contributed by atoms with Gasteiger partial charge in [-0.2, -0.15) is 5.10 Å². The van der Waals surface area contributed by atoms with Gasteiger partial charge in [-0.3, -0.25) is 24.6 Å². The number of hydrogen-bond acceptors (Lipinski definition) is 9. The summed E-state index contributed by atoms with van der Waals surface area (Å²) >= 11 is 0. The maximum atomic E-state index is 14.1. The van der Waals surface area contributed by atoms with Crippen molar-refractivity contribution in [1.82, 2.24) is 45.3 Å². The van der Waals surface area contributed by atoms with Crippen molar-refractivity contribution in [2.45, 2.75) is 76.6 Å². The minimum atomic E-state index is -0.356. The van der Waals surface area contributed by atoms with Crippen LogP contribution >= 0.6 is 0 Å². The molecule has 5 aliphatic rings. The summed E-state index contributed by atoms with van der Waals surface area (Å²) in [6.07, 6.45) is 11.5. The van der Waals surface area contributed by atoms with Gasteiger partial charge in [0.1, 0.15) is 6.33 Å². The molecule has 1 aliphatic carbocycles. The van der Waals surface area contributed by atoms with E-state index in [0.29, 0.717) is 49.9 Å². The Labute approximate surface area is 294 Å². The molecule has 5 atom stereocenters. The van der Waals surface area contributed by atoms with Crippen LogP contribution in [0.5, 0.6) is 5.88 Å². The summed E-state index contributed by atoms with van der Waals surface area (Å²) in [4.78, 5) is 42.9. The van der Waals surface area contributed by atoms with Gasteiger partial charge in [-0.1, -0.05) is 36.4 Å². The molecule has 1 aromatic carbocycles. The van der Waals surface area contributed by atoms with E-state index in [-0.39, 0.29) is 29.5 Å². The van der Waals surface area contributed by atoms with Crippen molar-refractivity contribution >= 4 is 17.4 Å². The number of rotatable bonds is 8. The molecule has 3 saturated heterocycles. The van der Waals surface area contributed by atoms with Crippen LogP contribution in [0.3, 0.4) is 0 Å². The van der Waals surface area contributed by atoms with E-state index in [1.165, 1.54) is 11.1 Å². The van der Waals surface area contributed by atoms with E-state index in [0.717, 1.165) is 68.6 Å². The van der Waals surface area contributed by atoms with Gasteiger partial charge in [0.2, 0.25) is 17.7 Å². The predicted octanol–water partition coefficient (Wildman–Crippen LogP) is 3.59. The number of benzene rings is 1. The molecule has 1 spiro atoms. The zero-order chi connectivity index (χ0) is 34.4. The van der Waals surface area contributed by atoms with Gasteiger partial charge >= 0.3 is 0 Å². The number of amides is 2. The second kappa shape index (κ2) is 13.5. The van der Waals surface area contributed by atoms with Gasteiger partial charge in [-0.25, -0.2) is 15.4 Å². The molecule has 2 aromatic heterocycles. The number of carbonyl (C=O) groups excluding carboxylic acids is 2. The number of aryl methyl sites for hydroxylation is 1. The maximum absolute atomic E-state index is 14.1. The third-order valence-corrected chi connectivity index (χ3v) is 11.7. The van der Waals surface area contributed by atoms with Crippen LogP contribution < -0.4 is 15.6 Å². The first kappa shape index (κ1) is 33.0. The molecule has 2 N–H and O–H groups in total. The number of nitrogens with one attached hydrogen (secondary N) is 2. The first-order valence-electron chi connectivity index (χ1n) is 18.3. The summed E-state index contributed by atoms with van der Waals surface area (Å²) < 4.78 is 7.46. The van der Waals surface area contributed by atoms with Crippen molar-refractivity contribution in [2.75, 3.05) is 39.3 Å². The molecule has 0 radical (unpaired) electrons. The van der Waals surface area contributed by atoms with Crippen molar-refractivity contribution in [3.63, 3.8) is 0 Å². The Balaban J connectivity index is 0.840. The lowest BCUT2D eigenvalue weighted by Gasteiger charge is -2.38. The molecular weight excluding hydrogens is 630 g/mol. The Kier molecular flexibility index (Phi) is 8.94. The normalized spacial score (nSPS) is 28.5. The molecule has 8 rings (SSSR count). The number of carbonyl (C=O) groups is 2. The largest absolute Gasteiger partial charge is 0.475 e. The molecule has 12 nitrogen and oxygen atoms in total. The summed E-state index contributed by atoms with van der Waals surface area (Å²) in [5.41, 5.74) is 11.3. The van der Waals surface area contributed by atoms with Crippen LogP contribution in [0.25, 0.3) is 17.0 Å². The van der Waals surface area contributed by atoms with Crippen LogP contribution in [0.4, 0.5) is 0 Å².